The van der Waals surface area contributed by atoms with Crippen LogP contribution in [-0.2, 0) is 6.18 Å². The third-order valence-corrected chi connectivity index (χ3v) is 13.1. The van der Waals surface area contributed by atoms with Gasteiger partial charge in [-0.2, -0.15) is 18.4 Å². The van der Waals surface area contributed by atoms with Crippen molar-refractivity contribution in [1.29, 1.82) is 5.26 Å². The largest absolute Gasteiger partial charge is 0.415 e. The average Bonchev–Trinajstić information content (AvgIpc) is 3.92. The van der Waals surface area contributed by atoms with Crippen LogP contribution in [0.5, 0.6) is 0 Å². The molecular weight excluding hydrogens is 874 g/mol. The minimum absolute atomic E-state index is 0.110. The molecular formula is C61H35F3N6. The third-order valence-electron chi connectivity index (χ3n) is 13.1. The quantitative estimate of drug-likeness (QED) is 0.150. The predicted octanol–water partition coefficient (Wildman–Crippen LogP) is 16.4. The van der Waals surface area contributed by atoms with Crippen molar-refractivity contribution in [3.63, 3.8) is 0 Å². The lowest BCUT2D eigenvalue weighted by Gasteiger charge is -2.20. The van der Waals surface area contributed by atoms with Gasteiger partial charge in [-0.3, -0.25) is 9.97 Å². The van der Waals surface area contributed by atoms with Crippen LogP contribution in [0.3, 0.4) is 0 Å². The Kier molecular flexibility index (Phi) is 9.94. The average molecular weight is 909 g/mol. The van der Waals surface area contributed by atoms with Crippen molar-refractivity contribution >= 4 is 49.3 Å². The summed E-state index contributed by atoms with van der Waals surface area (Å²) in [5.74, 6) is 0. The fourth-order valence-corrected chi connectivity index (χ4v) is 9.85. The van der Waals surface area contributed by atoms with Crippen molar-refractivity contribution in [2.24, 2.45) is 0 Å². The van der Waals surface area contributed by atoms with E-state index >= 15 is 0 Å². The van der Waals surface area contributed by atoms with Crippen LogP contribution in [0.2, 0.25) is 0 Å². The lowest BCUT2D eigenvalue weighted by Crippen LogP contribution is -2.07. The van der Waals surface area contributed by atoms with Crippen molar-refractivity contribution in [3.8, 4) is 73.2 Å². The number of benzene rings is 8. The van der Waals surface area contributed by atoms with Gasteiger partial charge in [0.25, 0.3) is 0 Å². The number of pyridine rings is 2. The van der Waals surface area contributed by atoms with Gasteiger partial charge in [-0.15, -0.1) is 0 Å². The van der Waals surface area contributed by atoms with Crippen LogP contribution >= 0.6 is 0 Å². The molecule has 6 nitrogen and oxygen atoms in total. The van der Waals surface area contributed by atoms with Crippen LogP contribution < -0.4 is 0 Å². The molecule has 70 heavy (non-hydrogen) atoms. The van der Waals surface area contributed by atoms with E-state index in [2.05, 4.69) is 103 Å². The minimum atomic E-state index is -4.73. The van der Waals surface area contributed by atoms with E-state index < -0.39 is 11.7 Å². The number of hydrogen-bond acceptors (Lipinski definition) is 3. The van der Waals surface area contributed by atoms with Crippen molar-refractivity contribution in [1.82, 2.24) is 19.1 Å². The van der Waals surface area contributed by atoms with Gasteiger partial charge < -0.3 is 9.13 Å². The molecule has 0 radical (unpaired) electrons. The monoisotopic (exact) mass is 908 g/mol. The molecule has 0 amide bonds. The van der Waals surface area contributed by atoms with Gasteiger partial charge in [0.1, 0.15) is 0 Å². The second-order valence-corrected chi connectivity index (χ2v) is 17.2. The highest BCUT2D eigenvalue weighted by Crippen LogP contribution is 2.44. The Labute approximate surface area is 399 Å². The Morgan fingerprint density at radius 2 is 1.01 bits per heavy atom. The van der Waals surface area contributed by atoms with Gasteiger partial charge in [-0.05, 0) is 113 Å². The van der Waals surface area contributed by atoms with Gasteiger partial charge in [-0.25, -0.2) is 4.85 Å². The maximum Gasteiger partial charge on any atom is 0.415 e. The molecule has 0 aliphatic rings. The van der Waals surface area contributed by atoms with Crippen molar-refractivity contribution in [2.45, 2.75) is 6.18 Å². The summed E-state index contributed by atoms with van der Waals surface area (Å²) in [5, 5.41) is 14.8. The summed E-state index contributed by atoms with van der Waals surface area (Å²) < 4.78 is 47.8. The van der Waals surface area contributed by atoms with Crippen molar-refractivity contribution in [3.05, 3.63) is 235 Å². The van der Waals surface area contributed by atoms with Crippen LogP contribution in [0, 0.1) is 17.9 Å². The first kappa shape index (κ1) is 41.8. The molecule has 12 aromatic rings. The molecule has 0 aliphatic carbocycles. The topological polar surface area (TPSA) is 63.8 Å². The van der Waals surface area contributed by atoms with Gasteiger partial charge in [0, 0.05) is 68.0 Å². The standard InChI is InChI=1S/C61H35F3N6/c1-66-48-28-43(27-47(33-48)61(62,63)64)51-34-60(70-56-19-11-9-16-49(56)52-29-40(20-22-58(52)70)42-24-25-68-54(31-42)39-14-6-3-7-15-39)59(32-44(51)35-65)69-55-18-10-8-17-50(55)53-30-41(21-23-57(53)69)46-26-45(36-67-37-46)38-12-4-2-5-13-38/h2-34,36-37H. The van der Waals surface area contributed by atoms with Gasteiger partial charge in [-0.1, -0.05) is 109 Å². The maximum absolute atomic E-state index is 14.5. The van der Waals surface area contributed by atoms with Crippen LogP contribution in [0.15, 0.2) is 213 Å². The van der Waals surface area contributed by atoms with E-state index in [-0.39, 0.29) is 22.4 Å². The zero-order chi connectivity index (χ0) is 47.5. The summed E-state index contributed by atoms with van der Waals surface area (Å²) in [6.45, 7) is 7.75. The normalized spacial score (nSPS) is 11.6. The minimum Gasteiger partial charge on any atom is -0.307 e. The Balaban J connectivity index is 1.13. The molecule has 4 heterocycles. The molecule has 4 aromatic heterocycles. The molecule has 9 heteroatoms. The Hall–Kier alpha value is -9.57. The summed E-state index contributed by atoms with van der Waals surface area (Å²) in [5.41, 5.74) is 11.9. The fraction of sp³-hybridized carbons (Fsp3) is 0.0164. The molecule has 0 aliphatic heterocycles. The van der Waals surface area contributed by atoms with Crippen molar-refractivity contribution < 1.29 is 13.2 Å². The summed E-state index contributed by atoms with van der Waals surface area (Å²) in [6.07, 6.45) is 0.809. The third kappa shape index (κ3) is 7.13. The Morgan fingerprint density at radius 1 is 0.471 bits per heavy atom. The first-order valence-corrected chi connectivity index (χ1v) is 22.5. The second-order valence-electron chi connectivity index (χ2n) is 17.2. The van der Waals surface area contributed by atoms with E-state index in [1.807, 2.05) is 116 Å². The fourth-order valence-electron chi connectivity index (χ4n) is 9.85. The first-order chi connectivity index (χ1) is 34.2. The summed E-state index contributed by atoms with van der Waals surface area (Å²) >= 11 is 0. The molecule has 0 saturated carbocycles. The number of alkyl halides is 3. The van der Waals surface area contributed by atoms with E-state index in [0.717, 1.165) is 100 Å². The lowest BCUT2D eigenvalue weighted by atomic mass is 9.95. The number of nitriles is 1. The van der Waals surface area contributed by atoms with E-state index in [9.17, 15) is 18.4 Å². The summed E-state index contributed by atoms with van der Waals surface area (Å²) in [4.78, 5) is 12.7. The highest BCUT2D eigenvalue weighted by molar-refractivity contribution is 6.13. The molecule has 0 bridgehead atoms. The first-order valence-electron chi connectivity index (χ1n) is 22.5. The molecule has 0 fully saturated rings. The SMILES string of the molecule is [C-]#[N+]c1cc(-c2cc(-n3c4ccccc4c4cc(-c5ccnc(-c6ccccc6)c5)ccc43)c(-n3c4ccccc4c4cc(-c5cncc(-c6ccccc6)c5)ccc43)cc2C#N)cc(C(F)(F)F)c1. The van der Waals surface area contributed by atoms with Gasteiger partial charge in [0.15, 0.2) is 5.69 Å². The molecule has 12 rings (SSSR count). The van der Waals surface area contributed by atoms with Crippen LogP contribution in [-0.4, -0.2) is 19.1 Å². The van der Waals surface area contributed by atoms with E-state index in [0.29, 0.717) is 11.4 Å². The molecule has 8 aromatic carbocycles. The smallest absolute Gasteiger partial charge is 0.307 e. The van der Waals surface area contributed by atoms with Gasteiger partial charge in [0.05, 0.1) is 57.3 Å². The molecule has 0 spiro atoms. The molecule has 0 N–H and O–H groups in total. The van der Waals surface area contributed by atoms with Gasteiger partial charge >= 0.3 is 6.18 Å². The number of rotatable bonds is 7. The summed E-state index contributed by atoms with van der Waals surface area (Å²) in [7, 11) is 0. The molecule has 0 atom stereocenters. The van der Waals surface area contributed by atoms with Gasteiger partial charge in [0.2, 0.25) is 0 Å². The van der Waals surface area contributed by atoms with E-state index in [1.54, 1.807) is 6.07 Å². The van der Waals surface area contributed by atoms with Crippen LogP contribution in [0.1, 0.15) is 11.1 Å². The zero-order valence-corrected chi connectivity index (χ0v) is 37.0. The highest BCUT2D eigenvalue weighted by Gasteiger charge is 2.32. The maximum atomic E-state index is 14.5. The van der Waals surface area contributed by atoms with E-state index in [4.69, 9.17) is 6.57 Å². The Bertz CT molecular complexity index is 4140. The number of fused-ring (bicyclic) bond motifs is 6. The highest BCUT2D eigenvalue weighted by atomic mass is 19.4. The number of aromatic nitrogens is 4. The summed E-state index contributed by atoms with van der Waals surface area (Å²) in [6, 6.07) is 64.4. The number of para-hydroxylation sites is 2. The van der Waals surface area contributed by atoms with Crippen LogP contribution in [0.4, 0.5) is 18.9 Å². The second kappa shape index (κ2) is 16.6. The predicted molar refractivity (Wildman–Crippen MR) is 274 cm³/mol. The molecule has 0 unspecified atom stereocenters. The molecule has 330 valence electrons. The number of nitrogens with zero attached hydrogens (tertiary/aromatic N) is 6. The number of hydrogen-bond donors (Lipinski definition) is 0. The number of halogens is 3. The van der Waals surface area contributed by atoms with Crippen LogP contribution in [0.25, 0.3) is 116 Å². The van der Waals surface area contributed by atoms with Crippen molar-refractivity contribution in [2.75, 3.05) is 0 Å². The Morgan fingerprint density at radius 3 is 1.63 bits per heavy atom. The molecule has 0 saturated heterocycles. The zero-order valence-electron chi connectivity index (χ0n) is 37.0. The lowest BCUT2D eigenvalue weighted by molar-refractivity contribution is -0.137. The van der Waals surface area contributed by atoms with E-state index in [1.165, 1.54) is 6.07 Å².